The zero-order valence-electron chi connectivity index (χ0n) is 9.89. The lowest BCUT2D eigenvalue weighted by Crippen LogP contribution is -2.29. The molecule has 0 aliphatic carbocycles. The Balaban J connectivity index is 2.04. The zero-order valence-corrected chi connectivity index (χ0v) is 10.7. The van der Waals surface area contributed by atoms with Gasteiger partial charge >= 0.3 is 0 Å². The molecule has 0 radical (unpaired) electrons. The van der Waals surface area contributed by atoms with Crippen molar-refractivity contribution in [1.29, 1.82) is 0 Å². The van der Waals surface area contributed by atoms with Crippen molar-refractivity contribution in [3.63, 3.8) is 0 Å². The summed E-state index contributed by atoms with van der Waals surface area (Å²) in [4.78, 5) is 5.56. The maximum atomic E-state index is 5.64. The number of pyridine rings is 1. The summed E-state index contributed by atoms with van der Waals surface area (Å²) in [5.41, 5.74) is 5.30. The van der Waals surface area contributed by atoms with Gasteiger partial charge in [-0.15, -0.1) is 11.3 Å². The predicted molar refractivity (Wildman–Crippen MR) is 71.7 cm³/mol. The summed E-state index contributed by atoms with van der Waals surface area (Å²) in [6.45, 7) is 2.09. The molecule has 2 aromatic heterocycles. The number of nitrogens with two attached hydrogens (primary N) is 1. The lowest BCUT2D eigenvalue weighted by Gasteiger charge is -2.17. The third-order valence-electron chi connectivity index (χ3n) is 2.92. The van der Waals surface area contributed by atoms with E-state index < -0.39 is 0 Å². The third-order valence-corrected chi connectivity index (χ3v) is 3.85. The molecule has 0 aliphatic heterocycles. The highest BCUT2D eigenvalue weighted by molar-refractivity contribution is 7.09. The summed E-state index contributed by atoms with van der Waals surface area (Å²) < 4.78 is 0. The van der Waals surface area contributed by atoms with Crippen LogP contribution in [0.5, 0.6) is 0 Å². The smallest absolute Gasteiger partial charge is 0.0481 e. The molecule has 17 heavy (non-hydrogen) atoms. The third kappa shape index (κ3) is 3.12. The number of hydrazine groups is 1. The summed E-state index contributed by atoms with van der Waals surface area (Å²) in [5.74, 6) is 5.64. The molecule has 3 N–H and O–H groups in total. The summed E-state index contributed by atoms with van der Waals surface area (Å²) in [6, 6.07) is 6.44. The molecule has 0 aromatic carbocycles. The molecule has 1 unspecified atom stereocenters. The van der Waals surface area contributed by atoms with Crippen molar-refractivity contribution in [3.05, 3.63) is 52.0 Å². The first-order valence-corrected chi connectivity index (χ1v) is 6.58. The number of thiophene rings is 1. The van der Waals surface area contributed by atoms with Gasteiger partial charge in [0.15, 0.2) is 0 Å². The molecule has 0 amide bonds. The number of rotatable bonds is 5. The first-order valence-electron chi connectivity index (χ1n) is 5.70. The molecule has 0 saturated carbocycles. The van der Waals surface area contributed by atoms with E-state index in [0.29, 0.717) is 0 Å². The minimum atomic E-state index is 0.172. The number of nitrogens with one attached hydrogen (secondary N) is 1. The maximum absolute atomic E-state index is 5.64. The van der Waals surface area contributed by atoms with Gasteiger partial charge in [-0.05, 0) is 48.4 Å². The zero-order chi connectivity index (χ0) is 12.1. The predicted octanol–water partition coefficient (Wildman–Crippen LogP) is 2.59. The van der Waals surface area contributed by atoms with Crippen LogP contribution in [0.4, 0.5) is 0 Å². The first-order chi connectivity index (χ1) is 8.31. The van der Waals surface area contributed by atoms with E-state index in [9.17, 15) is 0 Å². The van der Waals surface area contributed by atoms with Crippen LogP contribution in [0.15, 0.2) is 36.0 Å². The van der Waals surface area contributed by atoms with Gasteiger partial charge in [0, 0.05) is 23.3 Å². The van der Waals surface area contributed by atoms with Crippen molar-refractivity contribution in [2.45, 2.75) is 25.8 Å². The fourth-order valence-corrected chi connectivity index (χ4v) is 2.64. The van der Waals surface area contributed by atoms with Crippen molar-refractivity contribution in [2.24, 2.45) is 5.84 Å². The van der Waals surface area contributed by atoms with Crippen LogP contribution in [-0.4, -0.2) is 4.98 Å². The molecule has 0 spiro atoms. The van der Waals surface area contributed by atoms with Crippen LogP contribution in [0.25, 0.3) is 0 Å². The van der Waals surface area contributed by atoms with E-state index >= 15 is 0 Å². The largest absolute Gasteiger partial charge is 0.271 e. The fourth-order valence-electron chi connectivity index (χ4n) is 1.91. The molecule has 0 aliphatic rings. The quantitative estimate of drug-likeness (QED) is 0.630. The van der Waals surface area contributed by atoms with Gasteiger partial charge in [0.1, 0.15) is 0 Å². The van der Waals surface area contributed by atoms with Crippen LogP contribution in [0, 0.1) is 6.92 Å². The molecular formula is C13H17N3S. The van der Waals surface area contributed by atoms with E-state index in [2.05, 4.69) is 34.8 Å². The molecule has 1 atom stereocenters. The standard InChI is InChI=1S/C13H17N3S/c1-10-6-7-15-9-12(10)13(16-14)5-4-11-3-2-8-17-11/h2-3,6-9,13,16H,4-5,14H2,1H3. The second-order valence-corrected chi connectivity index (χ2v) is 5.10. The number of hydrogen-bond acceptors (Lipinski definition) is 4. The Bertz CT molecular complexity index is 453. The van der Waals surface area contributed by atoms with Gasteiger partial charge in [-0.1, -0.05) is 6.07 Å². The average molecular weight is 247 g/mol. The van der Waals surface area contributed by atoms with Gasteiger partial charge in [-0.25, -0.2) is 0 Å². The summed E-state index contributed by atoms with van der Waals surface area (Å²) in [5, 5.41) is 2.11. The Hall–Kier alpha value is -1.23. The van der Waals surface area contributed by atoms with Crippen LogP contribution in [0.1, 0.15) is 28.5 Å². The van der Waals surface area contributed by atoms with Crippen molar-refractivity contribution >= 4 is 11.3 Å². The summed E-state index contributed by atoms with van der Waals surface area (Å²) >= 11 is 1.79. The van der Waals surface area contributed by atoms with Gasteiger partial charge in [0.05, 0.1) is 0 Å². The average Bonchev–Trinajstić information content (AvgIpc) is 2.85. The van der Waals surface area contributed by atoms with Gasteiger partial charge in [0.2, 0.25) is 0 Å². The number of aryl methyl sites for hydroxylation is 2. The van der Waals surface area contributed by atoms with Crippen molar-refractivity contribution in [1.82, 2.24) is 10.4 Å². The highest BCUT2D eigenvalue weighted by Gasteiger charge is 2.12. The molecule has 0 bridgehead atoms. The normalized spacial score (nSPS) is 12.6. The minimum absolute atomic E-state index is 0.172. The van der Waals surface area contributed by atoms with E-state index in [4.69, 9.17) is 5.84 Å². The topological polar surface area (TPSA) is 50.9 Å². The highest BCUT2D eigenvalue weighted by atomic mass is 32.1. The Morgan fingerprint density at radius 2 is 2.35 bits per heavy atom. The van der Waals surface area contributed by atoms with Crippen LogP contribution < -0.4 is 11.3 Å². The van der Waals surface area contributed by atoms with E-state index in [0.717, 1.165) is 12.8 Å². The molecule has 4 heteroatoms. The van der Waals surface area contributed by atoms with Gasteiger partial charge in [-0.3, -0.25) is 16.3 Å². The van der Waals surface area contributed by atoms with Crippen molar-refractivity contribution in [2.75, 3.05) is 0 Å². The molecule has 0 saturated heterocycles. The lowest BCUT2D eigenvalue weighted by molar-refractivity contribution is 0.514. The van der Waals surface area contributed by atoms with Crippen LogP contribution >= 0.6 is 11.3 Å². The van der Waals surface area contributed by atoms with Crippen LogP contribution in [-0.2, 0) is 6.42 Å². The second kappa shape index (κ2) is 5.91. The minimum Gasteiger partial charge on any atom is -0.271 e. The van der Waals surface area contributed by atoms with E-state index in [-0.39, 0.29) is 6.04 Å². The Morgan fingerprint density at radius 3 is 3.00 bits per heavy atom. The Labute approximate surface area is 106 Å². The molecule has 2 heterocycles. The van der Waals surface area contributed by atoms with E-state index in [1.54, 1.807) is 11.3 Å². The van der Waals surface area contributed by atoms with Gasteiger partial charge in [-0.2, -0.15) is 0 Å². The summed E-state index contributed by atoms with van der Waals surface area (Å²) in [7, 11) is 0. The van der Waals surface area contributed by atoms with Crippen molar-refractivity contribution < 1.29 is 0 Å². The maximum Gasteiger partial charge on any atom is 0.0481 e. The van der Waals surface area contributed by atoms with Crippen LogP contribution in [0.3, 0.4) is 0 Å². The number of aromatic nitrogens is 1. The van der Waals surface area contributed by atoms with Crippen LogP contribution in [0.2, 0.25) is 0 Å². The number of nitrogens with zero attached hydrogens (tertiary/aromatic N) is 1. The molecule has 2 aromatic rings. The highest BCUT2D eigenvalue weighted by Crippen LogP contribution is 2.22. The van der Waals surface area contributed by atoms with E-state index in [1.807, 2.05) is 18.5 Å². The SMILES string of the molecule is Cc1ccncc1C(CCc1cccs1)NN. The first kappa shape index (κ1) is 12.2. The van der Waals surface area contributed by atoms with Crippen molar-refractivity contribution in [3.8, 4) is 0 Å². The van der Waals surface area contributed by atoms with E-state index in [1.165, 1.54) is 16.0 Å². The summed E-state index contributed by atoms with van der Waals surface area (Å²) in [6.07, 6.45) is 5.74. The molecule has 3 nitrogen and oxygen atoms in total. The number of hydrogen-bond donors (Lipinski definition) is 2. The van der Waals surface area contributed by atoms with Gasteiger partial charge in [0.25, 0.3) is 0 Å². The Kier molecular flexibility index (Phi) is 4.25. The fraction of sp³-hybridized carbons (Fsp3) is 0.308. The monoisotopic (exact) mass is 247 g/mol. The second-order valence-electron chi connectivity index (χ2n) is 4.07. The van der Waals surface area contributed by atoms with Gasteiger partial charge < -0.3 is 0 Å². The molecule has 2 rings (SSSR count). The lowest BCUT2D eigenvalue weighted by atomic mass is 10.00. The Morgan fingerprint density at radius 1 is 1.47 bits per heavy atom. The molecule has 90 valence electrons. The molecular weight excluding hydrogens is 230 g/mol. The molecule has 0 fully saturated rings.